The van der Waals surface area contributed by atoms with Crippen molar-refractivity contribution in [3.05, 3.63) is 23.2 Å². The summed E-state index contributed by atoms with van der Waals surface area (Å²) in [6.45, 7) is 7.11. The number of hydrogen-bond acceptors (Lipinski definition) is 4. The summed E-state index contributed by atoms with van der Waals surface area (Å²) >= 11 is 1.28. The van der Waals surface area contributed by atoms with Crippen LogP contribution < -0.4 is 5.32 Å². The molecule has 6 heteroatoms. The van der Waals surface area contributed by atoms with Gasteiger partial charge in [0.2, 0.25) is 5.91 Å². The predicted octanol–water partition coefficient (Wildman–Crippen LogP) is 2.89. The van der Waals surface area contributed by atoms with Gasteiger partial charge in [-0.2, -0.15) is 0 Å². The molecule has 5 nitrogen and oxygen atoms in total. The molecule has 0 unspecified atom stereocenters. The van der Waals surface area contributed by atoms with E-state index in [-0.39, 0.29) is 29.1 Å². The number of fused-ring (bicyclic) bond motifs is 1. The summed E-state index contributed by atoms with van der Waals surface area (Å²) in [6, 6.07) is 1.99. The number of thioether (sulfide) groups is 1. The van der Waals surface area contributed by atoms with Crippen LogP contribution in [0.1, 0.15) is 43.4 Å². The molecule has 1 aromatic heterocycles. The Hall–Kier alpha value is -1.43. The summed E-state index contributed by atoms with van der Waals surface area (Å²) in [4.78, 5) is 25.5. The second kappa shape index (κ2) is 5.65. The van der Waals surface area contributed by atoms with E-state index >= 15 is 0 Å². The lowest BCUT2D eigenvalue weighted by atomic mass is 9.74. The Labute approximate surface area is 134 Å². The minimum atomic E-state index is -0.0941. The minimum Gasteiger partial charge on any atom is -0.466 e. The molecule has 2 amide bonds. The molecule has 2 heterocycles. The average molecular weight is 322 g/mol. The third kappa shape index (κ3) is 3.16. The molecule has 120 valence electrons. The largest absolute Gasteiger partial charge is 0.466 e. The molecule has 1 aromatic rings. The number of hydrogen-bond donors (Lipinski definition) is 1. The number of aryl methyl sites for hydroxylation is 1. The van der Waals surface area contributed by atoms with Crippen molar-refractivity contribution in [1.29, 1.82) is 0 Å². The first kappa shape index (κ1) is 15.5. The second-order valence-electron chi connectivity index (χ2n) is 6.94. The monoisotopic (exact) mass is 322 g/mol. The highest BCUT2D eigenvalue weighted by Gasteiger charge is 2.36. The smallest absolute Gasteiger partial charge is 0.282 e. The van der Waals surface area contributed by atoms with Crippen LogP contribution >= 0.6 is 11.8 Å². The van der Waals surface area contributed by atoms with Gasteiger partial charge < -0.3 is 14.6 Å². The van der Waals surface area contributed by atoms with Gasteiger partial charge in [-0.15, -0.1) is 0 Å². The molecule has 1 aliphatic carbocycles. The molecular weight excluding hydrogens is 300 g/mol. The van der Waals surface area contributed by atoms with Crippen LogP contribution in [0.4, 0.5) is 4.79 Å². The summed E-state index contributed by atoms with van der Waals surface area (Å²) in [7, 11) is 0. The maximum Gasteiger partial charge on any atom is 0.282 e. The van der Waals surface area contributed by atoms with Crippen LogP contribution in [0.5, 0.6) is 0 Å². The summed E-state index contributed by atoms with van der Waals surface area (Å²) in [5, 5.41) is 3.09. The third-order valence-corrected chi connectivity index (χ3v) is 5.14. The number of carbonyl (C=O) groups is 2. The zero-order valence-corrected chi connectivity index (χ0v) is 14.1. The lowest BCUT2D eigenvalue weighted by Gasteiger charge is -2.35. The summed E-state index contributed by atoms with van der Waals surface area (Å²) < 4.78 is 5.78. The van der Waals surface area contributed by atoms with Crippen LogP contribution in [0.3, 0.4) is 0 Å². The van der Waals surface area contributed by atoms with E-state index in [1.54, 1.807) is 4.90 Å². The van der Waals surface area contributed by atoms with Crippen molar-refractivity contribution in [2.45, 2.75) is 39.7 Å². The fourth-order valence-corrected chi connectivity index (χ4v) is 4.12. The van der Waals surface area contributed by atoms with E-state index in [4.69, 9.17) is 4.42 Å². The van der Waals surface area contributed by atoms with E-state index in [0.29, 0.717) is 6.54 Å². The van der Waals surface area contributed by atoms with E-state index in [1.807, 2.05) is 13.0 Å². The van der Waals surface area contributed by atoms with Gasteiger partial charge in [0.15, 0.2) is 0 Å². The van der Waals surface area contributed by atoms with Gasteiger partial charge in [0.1, 0.15) is 18.1 Å². The van der Waals surface area contributed by atoms with Crippen LogP contribution in [0, 0.1) is 12.3 Å². The fourth-order valence-electron chi connectivity index (χ4n) is 3.30. The van der Waals surface area contributed by atoms with Crippen molar-refractivity contribution in [2.75, 3.05) is 18.8 Å². The summed E-state index contributed by atoms with van der Waals surface area (Å²) in [5.74, 6) is 2.54. The Morgan fingerprint density at radius 1 is 1.55 bits per heavy atom. The van der Waals surface area contributed by atoms with Crippen LogP contribution in [0.25, 0.3) is 0 Å². The Balaban J connectivity index is 1.71. The highest BCUT2D eigenvalue weighted by molar-refractivity contribution is 8.13. The van der Waals surface area contributed by atoms with Gasteiger partial charge in [-0.1, -0.05) is 25.6 Å². The van der Waals surface area contributed by atoms with Gasteiger partial charge in [-0.25, -0.2) is 0 Å². The molecule has 1 aliphatic heterocycles. The molecule has 0 saturated carbocycles. The number of rotatable bonds is 3. The molecule has 22 heavy (non-hydrogen) atoms. The van der Waals surface area contributed by atoms with Crippen molar-refractivity contribution in [2.24, 2.45) is 5.41 Å². The summed E-state index contributed by atoms with van der Waals surface area (Å²) in [6.07, 6.45) is 1.78. The Bertz CT molecular complexity index is 609. The zero-order chi connectivity index (χ0) is 15.9. The Morgan fingerprint density at radius 3 is 3.00 bits per heavy atom. The number of nitrogens with zero attached hydrogens (tertiary/aromatic N) is 1. The molecular formula is C16H22N2O3S. The molecule has 1 saturated heterocycles. The van der Waals surface area contributed by atoms with E-state index in [0.717, 1.165) is 35.7 Å². The molecule has 3 rings (SSSR count). The Kier molecular flexibility index (Phi) is 3.97. The normalized spacial score (nSPS) is 23.5. The maximum atomic E-state index is 12.3. The van der Waals surface area contributed by atoms with Gasteiger partial charge in [-0.3, -0.25) is 9.59 Å². The number of furan rings is 1. The highest BCUT2D eigenvalue weighted by atomic mass is 32.2. The van der Waals surface area contributed by atoms with Gasteiger partial charge in [-0.05, 0) is 24.8 Å². The third-order valence-electron chi connectivity index (χ3n) is 4.25. The van der Waals surface area contributed by atoms with E-state index in [9.17, 15) is 9.59 Å². The molecule has 0 bridgehead atoms. The van der Waals surface area contributed by atoms with Crippen LogP contribution in [-0.4, -0.2) is 34.9 Å². The zero-order valence-electron chi connectivity index (χ0n) is 13.3. The molecule has 1 atom stereocenters. The number of amides is 2. The highest BCUT2D eigenvalue weighted by Crippen LogP contribution is 2.41. The number of nitrogens with one attached hydrogen (secondary N) is 1. The standard InChI is InChI=1S/C16H22N2O3S/c1-10-6-11-12(7-16(2,3)8-13(11)21-10)17-14(19)9-18-4-5-22-15(18)20/h6,12H,4-5,7-9H2,1-3H3,(H,17,19)/t12-/m1/s1. The van der Waals surface area contributed by atoms with Gasteiger partial charge in [0, 0.05) is 24.3 Å². The molecule has 0 radical (unpaired) electrons. The van der Waals surface area contributed by atoms with E-state index < -0.39 is 0 Å². The van der Waals surface area contributed by atoms with Crippen molar-refractivity contribution >= 4 is 22.9 Å². The lowest BCUT2D eigenvalue weighted by molar-refractivity contribution is -0.122. The predicted molar refractivity (Wildman–Crippen MR) is 85.9 cm³/mol. The Morgan fingerprint density at radius 2 is 2.32 bits per heavy atom. The van der Waals surface area contributed by atoms with Crippen LogP contribution in [-0.2, 0) is 11.2 Å². The first-order valence-electron chi connectivity index (χ1n) is 7.64. The van der Waals surface area contributed by atoms with E-state index in [1.165, 1.54) is 11.8 Å². The quantitative estimate of drug-likeness (QED) is 0.929. The number of carbonyl (C=O) groups excluding carboxylic acids is 2. The lowest BCUT2D eigenvalue weighted by Crippen LogP contribution is -2.41. The van der Waals surface area contributed by atoms with Gasteiger partial charge in [0.05, 0.1) is 6.04 Å². The van der Waals surface area contributed by atoms with Gasteiger partial charge in [0.25, 0.3) is 5.24 Å². The maximum absolute atomic E-state index is 12.3. The average Bonchev–Trinajstić information content (AvgIpc) is 2.94. The van der Waals surface area contributed by atoms with Crippen molar-refractivity contribution in [3.8, 4) is 0 Å². The first-order valence-corrected chi connectivity index (χ1v) is 8.63. The SMILES string of the molecule is Cc1cc2c(o1)CC(C)(C)C[C@H]2NC(=O)CN1CCSC1=O. The second-order valence-corrected chi connectivity index (χ2v) is 7.98. The minimum absolute atomic E-state index is 0.000955. The van der Waals surface area contributed by atoms with Crippen LogP contribution in [0.2, 0.25) is 0 Å². The topological polar surface area (TPSA) is 62.6 Å². The first-order chi connectivity index (χ1) is 10.3. The van der Waals surface area contributed by atoms with Crippen molar-refractivity contribution < 1.29 is 14.0 Å². The molecule has 0 spiro atoms. The fraction of sp³-hybridized carbons (Fsp3) is 0.625. The van der Waals surface area contributed by atoms with E-state index in [2.05, 4.69) is 19.2 Å². The molecule has 0 aromatic carbocycles. The van der Waals surface area contributed by atoms with Crippen molar-refractivity contribution in [1.82, 2.24) is 10.2 Å². The summed E-state index contributed by atoms with van der Waals surface area (Å²) in [5.41, 5.74) is 1.18. The van der Waals surface area contributed by atoms with Crippen molar-refractivity contribution in [3.63, 3.8) is 0 Å². The molecule has 1 fully saturated rings. The van der Waals surface area contributed by atoms with Crippen LogP contribution in [0.15, 0.2) is 10.5 Å². The molecule has 2 aliphatic rings. The molecule has 1 N–H and O–H groups in total. The van der Waals surface area contributed by atoms with Gasteiger partial charge >= 0.3 is 0 Å².